The van der Waals surface area contributed by atoms with Crippen LogP contribution in [-0.2, 0) is 6.18 Å². The molecule has 0 aliphatic carbocycles. The number of halogens is 3. The van der Waals surface area contributed by atoms with Crippen LogP contribution in [0.3, 0.4) is 0 Å². The van der Waals surface area contributed by atoms with Gasteiger partial charge in [-0.25, -0.2) is 0 Å². The number of rotatable bonds is 6. The molecule has 104 valence electrons. The van der Waals surface area contributed by atoms with Crippen LogP contribution in [0.15, 0.2) is 24.3 Å². The van der Waals surface area contributed by atoms with Gasteiger partial charge in [-0.2, -0.15) is 13.2 Å². The first-order chi connectivity index (χ1) is 8.99. The predicted octanol–water partition coefficient (Wildman–Crippen LogP) is 4.16. The Kier molecular flexibility index (Phi) is 5.91. The molecule has 0 aromatic heterocycles. The molecule has 1 rings (SSSR count). The van der Waals surface area contributed by atoms with Gasteiger partial charge in [0.25, 0.3) is 0 Å². The zero-order chi connectivity index (χ0) is 14.3. The normalized spacial score (nSPS) is 13.0. The minimum Gasteiger partial charge on any atom is -0.310 e. The van der Waals surface area contributed by atoms with Crippen molar-refractivity contribution in [2.75, 3.05) is 6.54 Å². The summed E-state index contributed by atoms with van der Waals surface area (Å²) in [5.41, 5.74) is 0.0209. The Labute approximate surface area is 112 Å². The van der Waals surface area contributed by atoms with Gasteiger partial charge in [-0.1, -0.05) is 19.1 Å². The Morgan fingerprint density at radius 2 is 2.11 bits per heavy atom. The van der Waals surface area contributed by atoms with Gasteiger partial charge in [0.05, 0.1) is 5.56 Å². The van der Waals surface area contributed by atoms with Crippen molar-refractivity contribution >= 4 is 0 Å². The fraction of sp³-hybridized carbons (Fsp3) is 0.467. The second-order valence-corrected chi connectivity index (χ2v) is 4.37. The fourth-order valence-electron chi connectivity index (χ4n) is 1.86. The van der Waals surface area contributed by atoms with Crippen LogP contribution in [-0.4, -0.2) is 6.54 Å². The zero-order valence-electron chi connectivity index (χ0n) is 10.9. The number of alkyl halides is 3. The van der Waals surface area contributed by atoms with E-state index in [1.807, 2.05) is 6.92 Å². The van der Waals surface area contributed by atoms with E-state index in [1.165, 1.54) is 12.1 Å². The van der Waals surface area contributed by atoms with Crippen LogP contribution in [0, 0.1) is 12.3 Å². The lowest BCUT2D eigenvalue weighted by Gasteiger charge is -2.19. The average molecular weight is 269 g/mol. The van der Waals surface area contributed by atoms with Crippen molar-refractivity contribution in [2.24, 2.45) is 0 Å². The number of hydrogen-bond acceptors (Lipinski definition) is 1. The lowest BCUT2D eigenvalue weighted by molar-refractivity contribution is -0.137. The first-order valence-corrected chi connectivity index (χ1v) is 6.33. The van der Waals surface area contributed by atoms with Crippen LogP contribution in [0.5, 0.6) is 0 Å². The second-order valence-electron chi connectivity index (χ2n) is 4.37. The van der Waals surface area contributed by atoms with Crippen molar-refractivity contribution in [2.45, 2.75) is 38.4 Å². The van der Waals surface area contributed by atoms with E-state index in [9.17, 15) is 13.2 Å². The summed E-state index contributed by atoms with van der Waals surface area (Å²) in [7, 11) is 0. The maximum absolute atomic E-state index is 12.7. The van der Waals surface area contributed by atoms with Gasteiger partial charge in [0, 0.05) is 12.5 Å². The number of nitrogens with one attached hydrogen (secondary N) is 1. The van der Waals surface area contributed by atoms with E-state index in [-0.39, 0.29) is 6.04 Å². The summed E-state index contributed by atoms with van der Waals surface area (Å²) in [6, 6.07) is 5.30. The van der Waals surface area contributed by atoms with Gasteiger partial charge in [-0.3, -0.25) is 0 Å². The van der Waals surface area contributed by atoms with Gasteiger partial charge in [-0.15, -0.1) is 12.3 Å². The molecule has 0 amide bonds. The molecule has 0 bridgehead atoms. The molecule has 0 aliphatic heterocycles. The smallest absolute Gasteiger partial charge is 0.310 e. The second kappa shape index (κ2) is 7.20. The molecule has 4 heteroatoms. The summed E-state index contributed by atoms with van der Waals surface area (Å²) in [4.78, 5) is 0. The summed E-state index contributed by atoms with van der Waals surface area (Å²) >= 11 is 0. The van der Waals surface area contributed by atoms with Gasteiger partial charge in [0.1, 0.15) is 0 Å². The van der Waals surface area contributed by atoms with E-state index in [1.54, 1.807) is 6.07 Å². The minimum absolute atomic E-state index is 0.127. The monoisotopic (exact) mass is 269 g/mol. The average Bonchev–Trinajstić information content (AvgIpc) is 2.38. The van der Waals surface area contributed by atoms with Crippen LogP contribution >= 0.6 is 0 Å². The highest BCUT2D eigenvalue weighted by Gasteiger charge is 2.30. The standard InChI is InChI=1S/C15H18F3N/c1-3-5-9-14(19-10-4-2)12-7-6-8-13(11-12)15(16,17)18/h1,6-8,11,14,19H,4-5,9-10H2,2H3. The Bertz CT molecular complexity index is 432. The Hall–Kier alpha value is -1.47. The van der Waals surface area contributed by atoms with Gasteiger partial charge >= 0.3 is 6.18 Å². The van der Waals surface area contributed by atoms with Crippen LogP contribution in [0.25, 0.3) is 0 Å². The molecule has 0 saturated heterocycles. The van der Waals surface area contributed by atoms with Crippen molar-refractivity contribution in [3.8, 4) is 12.3 Å². The van der Waals surface area contributed by atoms with E-state index in [0.29, 0.717) is 18.4 Å². The Morgan fingerprint density at radius 1 is 1.37 bits per heavy atom. The molecule has 0 aliphatic rings. The lowest BCUT2D eigenvalue weighted by Crippen LogP contribution is -2.22. The molecule has 0 radical (unpaired) electrons. The Balaban J connectivity index is 2.91. The molecule has 19 heavy (non-hydrogen) atoms. The largest absolute Gasteiger partial charge is 0.416 e. The van der Waals surface area contributed by atoms with Gasteiger partial charge < -0.3 is 5.32 Å². The van der Waals surface area contributed by atoms with E-state index >= 15 is 0 Å². The van der Waals surface area contributed by atoms with Crippen LogP contribution in [0.1, 0.15) is 43.4 Å². The molecule has 1 atom stereocenters. The third-order valence-electron chi connectivity index (χ3n) is 2.83. The maximum Gasteiger partial charge on any atom is 0.416 e. The molecular formula is C15H18F3N. The topological polar surface area (TPSA) is 12.0 Å². The lowest BCUT2D eigenvalue weighted by atomic mass is 9.99. The van der Waals surface area contributed by atoms with Gasteiger partial charge in [-0.05, 0) is 37.1 Å². The SMILES string of the molecule is C#CCCC(NCCC)c1cccc(C(F)(F)F)c1. The number of benzene rings is 1. The molecule has 0 heterocycles. The van der Waals surface area contributed by atoms with E-state index in [2.05, 4.69) is 11.2 Å². The summed E-state index contributed by atoms with van der Waals surface area (Å²) in [6.45, 7) is 2.77. The quantitative estimate of drug-likeness (QED) is 0.765. The highest BCUT2D eigenvalue weighted by molar-refractivity contribution is 5.28. The third-order valence-corrected chi connectivity index (χ3v) is 2.83. The molecule has 1 unspecified atom stereocenters. The highest BCUT2D eigenvalue weighted by Crippen LogP contribution is 2.31. The van der Waals surface area contributed by atoms with E-state index in [4.69, 9.17) is 6.42 Å². The summed E-state index contributed by atoms with van der Waals surface area (Å²) in [5.74, 6) is 2.53. The van der Waals surface area contributed by atoms with Crippen LogP contribution < -0.4 is 5.32 Å². The summed E-state index contributed by atoms with van der Waals surface area (Å²) < 4.78 is 38.0. The molecule has 0 spiro atoms. The molecule has 1 aromatic carbocycles. The number of terminal acetylenes is 1. The molecule has 1 N–H and O–H groups in total. The van der Waals surface area contributed by atoms with Crippen molar-refractivity contribution in [1.82, 2.24) is 5.32 Å². The van der Waals surface area contributed by atoms with Crippen molar-refractivity contribution in [1.29, 1.82) is 0 Å². The minimum atomic E-state index is -4.31. The van der Waals surface area contributed by atoms with Gasteiger partial charge in [0.2, 0.25) is 0 Å². The first-order valence-electron chi connectivity index (χ1n) is 6.33. The number of hydrogen-bond donors (Lipinski definition) is 1. The third kappa shape index (κ3) is 4.96. The predicted molar refractivity (Wildman–Crippen MR) is 70.5 cm³/mol. The molecule has 0 fully saturated rings. The summed E-state index contributed by atoms with van der Waals surface area (Å²) in [5, 5.41) is 3.24. The summed E-state index contributed by atoms with van der Waals surface area (Å²) in [6.07, 6.45) is 3.01. The fourth-order valence-corrected chi connectivity index (χ4v) is 1.86. The van der Waals surface area contributed by atoms with Crippen molar-refractivity contribution < 1.29 is 13.2 Å². The highest BCUT2D eigenvalue weighted by atomic mass is 19.4. The molecule has 1 nitrogen and oxygen atoms in total. The van der Waals surface area contributed by atoms with Crippen molar-refractivity contribution in [3.05, 3.63) is 35.4 Å². The van der Waals surface area contributed by atoms with Gasteiger partial charge in [0.15, 0.2) is 0 Å². The molecule has 1 aromatic rings. The van der Waals surface area contributed by atoms with E-state index in [0.717, 1.165) is 19.0 Å². The zero-order valence-corrected chi connectivity index (χ0v) is 10.9. The first kappa shape index (κ1) is 15.6. The molecular weight excluding hydrogens is 251 g/mol. The van der Waals surface area contributed by atoms with Crippen LogP contribution in [0.4, 0.5) is 13.2 Å². The maximum atomic E-state index is 12.7. The van der Waals surface area contributed by atoms with E-state index < -0.39 is 11.7 Å². The van der Waals surface area contributed by atoms with Crippen molar-refractivity contribution in [3.63, 3.8) is 0 Å². The Morgan fingerprint density at radius 3 is 2.68 bits per heavy atom. The molecule has 0 saturated carbocycles. The van der Waals surface area contributed by atoms with Crippen LogP contribution in [0.2, 0.25) is 0 Å².